The van der Waals surface area contributed by atoms with Gasteiger partial charge < -0.3 is 29.0 Å². The standard InChI is InChI=1S/C20H25NO5.ClH/c1-22-18-8-5-9-19(23-2)20(18)24-13-12-21-11-10-15-14-25-16-6-3-4-7-17(16)26-15;/h3-9,15,21H,10-14H2,1-2H3;1H. The van der Waals surface area contributed by atoms with Crippen LogP contribution in [0.15, 0.2) is 42.5 Å². The quantitative estimate of drug-likeness (QED) is 0.657. The van der Waals surface area contributed by atoms with Crippen LogP contribution >= 0.6 is 12.4 Å². The Bertz CT molecular complexity index is 690. The van der Waals surface area contributed by atoms with Crippen LogP contribution < -0.4 is 29.0 Å². The molecule has 0 spiro atoms. The van der Waals surface area contributed by atoms with Crippen LogP contribution in [0, 0.1) is 0 Å². The molecule has 1 aliphatic rings. The fraction of sp³-hybridized carbons (Fsp3) is 0.400. The number of benzene rings is 2. The lowest BCUT2D eigenvalue weighted by atomic mass is 10.2. The van der Waals surface area contributed by atoms with Crippen LogP contribution in [-0.2, 0) is 0 Å². The average molecular weight is 396 g/mol. The van der Waals surface area contributed by atoms with E-state index in [4.69, 9.17) is 23.7 Å². The van der Waals surface area contributed by atoms with Crippen molar-refractivity contribution in [3.05, 3.63) is 42.5 Å². The lowest BCUT2D eigenvalue weighted by molar-refractivity contribution is 0.0847. The predicted molar refractivity (Wildman–Crippen MR) is 106 cm³/mol. The summed E-state index contributed by atoms with van der Waals surface area (Å²) < 4.78 is 28.1. The van der Waals surface area contributed by atoms with E-state index in [0.29, 0.717) is 37.0 Å². The Hall–Kier alpha value is -2.31. The molecule has 7 heteroatoms. The number of methoxy groups -OCH3 is 2. The highest BCUT2D eigenvalue weighted by Crippen LogP contribution is 2.36. The normalized spacial score (nSPS) is 14.8. The van der Waals surface area contributed by atoms with Crippen molar-refractivity contribution in [3.63, 3.8) is 0 Å². The number of nitrogens with one attached hydrogen (secondary N) is 1. The number of halogens is 1. The Kier molecular flexibility index (Phi) is 8.36. The largest absolute Gasteiger partial charge is 0.493 e. The molecular formula is C20H26ClNO5. The lowest BCUT2D eigenvalue weighted by Crippen LogP contribution is -2.33. The van der Waals surface area contributed by atoms with Gasteiger partial charge in [0.2, 0.25) is 5.75 Å². The van der Waals surface area contributed by atoms with Crippen molar-refractivity contribution >= 4 is 12.4 Å². The second kappa shape index (κ2) is 10.7. The summed E-state index contributed by atoms with van der Waals surface area (Å²) in [5.74, 6) is 3.58. The zero-order chi connectivity index (χ0) is 18.2. The fourth-order valence-electron chi connectivity index (χ4n) is 2.78. The smallest absolute Gasteiger partial charge is 0.203 e. The van der Waals surface area contributed by atoms with E-state index >= 15 is 0 Å². The predicted octanol–water partition coefficient (Wildman–Crippen LogP) is 3.32. The molecule has 1 aliphatic heterocycles. The topological polar surface area (TPSA) is 58.2 Å². The highest BCUT2D eigenvalue weighted by molar-refractivity contribution is 5.85. The second-order valence-corrected chi connectivity index (χ2v) is 5.88. The Morgan fingerprint density at radius 1 is 0.963 bits per heavy atom. The minimum absolute atomic E-state index is 0. The molecule has 1 atom stereocenters. The first-order valence-corrected chi connectivity index (χ1v) is 8.75. The summed E-state index contributed by atoms with van der Waals surface area (Å²) >= 11 is 0. The third kappa shape index (κ3) is 5.58. The van der Waals surface area contributed by atoms with E-state index in [-0.39, 0.29) is 18.5 Å². The Labute approximate surface area is 166 Å². The first-order valence-electron chi connectivity index (χ1n) is 8.75. The van der Waals surface area contributed by atoms with Crippen molar-refractivity contribution in [1.82, 2.24) is 5.32 Å². The molecule has 1 N–H and O–H groups in total. The molecule has 0 saturated heterocycles. The van der Waals surface area contributed by atoms with Crippen LogP contribution in [0.4, 0.5) is 0 Å². The second-order valence-electron chi connectivity index (χ2n) is 5.88. The van der Waals surface area contributed by atoms with Gasteiger partial charge in [0.15, 0.2) is 23.0 Å². The van der Waals surface area contributed by atoms with E-state index in [2.05, 4.69) is 5.32 Å². The molecular weight excluding hydrogens is 370 g/mol. The molecule has 148 valence electrons. The summed E-state index contributed by atoms with van der Waals surface area (Å²) in [6, 6.07) is 13.3. The van der Waals surface area contributed by atoms with Gasteiger partial charge in [-0.3, -0.25) is 0 Å². The number of fused-ring (bicyclic) bond motifs is 1. The lowest BCUT2D eigenvalue weighted by Gasteiger charge is -2.26. The summed E-state index contributed by atoms with van der Waals surface area (Å²) in [5, 5.41) is 3.36. The van der Waals surface area contributed by atoms with Crippen molar-refractivity contribution in [1.29, 1.82) is 0 Å². The first-order chi connectivity index (χ1) is 12.8. The Morgan fingerprint density at radius 2 is 1.67 bits per heavy atom. The van der Waals surface area contributed by atoms with Gasteiger partial charge in [0.25, 0.3) is 0 Å². The summed E-state index contributed by atoms with van der Waals surface area (Å²) in [6.45, 7) is 2.63. The number of para-hydroxylation sites is 3. The number of ether oxygens (including phenoxy) is 5. The molecule has 0 bridgehead atoms. The maximum Gasteiger partial charge on any atom is 0.203 e. The number of hydrogen-bond acceptors (Lipinski definition) is 6. The zero-order valence-corrected chi connectivity index (χ0v) is 16.4. The van der Waals surface area contributed by atoms with Crippen LogP contribution in [0.1, 0.15) is 6.42 Å². The van der Waals surface area contributed by atoms with Crippen molar-refractivity contribution in [3.8, 4) is 28.7 Å². The molecule has 0 amide bonds. The molecule has 2 aromatic rings. The molecule has 0 saturated carbocycles. The fourth-order valence-corrected chi connectivity index (χ4v) is 2.78. The summed E-state index contributed by atoms with van der Waals surface area (Å²) in [4.78, 5) is 0. The minimum Gasteiger partial charge on any atom is -0.493 e. The van der Waals surface area contributed by atoms with Crippen LogP contribution in [-0.4, -0.2) is 46.6 Å². The Balaban J connectivity index is 0.00000261. The van der Waals surface area contributed by atoms with Crippen molar-refractivity contribution in [2.24, 2.45) is 0 Å². The van der Waals surface area contributed by atoms with Gasteiger partial charge in [0.05, 0.1) is 14.2 Å². The van der Waals surface area contributed by atoms with Crippen LogP contribution in [0.3, 0.4) is 0 Å². The highest BCUT2D eigenvalue weighted by atomic mass is 35.5. The molecule has 6 nitrogen and oxygen atoms in total. The van der Waals surface area contributed by atoms with Crippen molar-refractivity contribution < 1.29 is 23.7 Å². The van der Waals surface area contributed by atoms with Gasteiger partial charge >= 0.3 is 0 Å². The number of hydrogen-bond donors (Lipinski definition) is 1. The molecule has 1 unspecified atom stereocenters. The monoisotopic (exact) mass is 395 g/mol. The molecule has 0 fully saturated rings. The van der Waals surface area contributed by atoms with E-state index in [1.807, 2.05) is 42.5 Å². The zero-order valence-electron chi connectivity index (χ0n) is 15.6. The molecule has 2 aromatic carbocycles. The van der Waals surface area contributed by atoms with Crippen molar-refractivity contribution in [2.45, 2.75) is 12.5 Å². The summed E-state index contributed by atoms with van der Waals surface area (Å²) in [6.07, 6.45) is 0.930. The molecule has 0 aromatic heterocycles. The molecule has 27 heavy (non-hydrogen) atoms. The Morgan fingerprint density at radius 3 is 2.37 bits per heavy atom. The maximum atomic E-state index is 5.94. The van der Waals surface area contributed by atoms with Crippen molar-refractivity contribution in [2.75, 3.05) is 40.5 Å². The third-order valence-corrected chi connectivity index (χ3v) is 4.12. The number of rotatable bonds is 9. The molecule has 3 rings (SSSR count). The van der Waals surface area contributed by atoms with E-state index in [1.165, 1.54) is 0 Å². The van der Waals surface area contributed by atoms with Gasteiger partial charge in [-0.1, -0.05) is 18.2 Å². The highest BCUT2D eigenvalue weighted by Gasteiger charge is 2.19. The summed E-state index contributed by atoms with van der Waals surface area (Å²) in [7, 11) is 3.23. The van der Waals surface area contributed by atoms with Crippen LogP contribution in [0.5, 0.6) is 28.7 Å². The average Bonchev–Trinajstić information content (AvgIpc) is 2.70. The van der Waals surface area contributed by atoms with Gasteiger partial charge in [-0.2, -0.15) is 0 Å². The summed E-state index contributed by atoms with van der Waals surface area (Å²) in [5.41, 5.74) is 0. The first kappa shape index (κ1) is 21.0. The van der Waals surface area contributed by atoms with E-state index in [9.17, 15) is 0 Å². The van der Waals surface area contributed by atoms with Gasteiger partial charge in [-0.05, 0) is 30.8 Å². The van der Waals surface area contributed by atoms with Gasteiger partial charge in [-0.25, -0.2) is 0 Å². The minimum atomic E-state index is 0. The molecule has 0 radical (unpaired) electrons. The van der Waals surface area contributed by atoms with Gasteiger partial charge in [0, 0.05) is 13.0 Å². The van der Waals surface area contributed by atoms with Crippen LogP contribution in [0.25, 0.3) is 0 Å². The van der Waals surface area contributed by atoms with E-state index < -0.39 is 0 Å². The third-order valence-electron chi connectivity index (χ3n) is 4.12. The maximum absolute atomic E-state index is 5.94. The SMILES string of the molecule is COc1cccc(OC)c1OCCNCCC1COc2ccccc2O1.Cl. The van der Waals surface area contributed by atoms with Gasteiger partial charge in [0.1, 0.15) is 19.3 Å². The van der Waals surface area contributed by atoms with Crippen LogP contribution in [0.2, 0.25) is 0 Å². The molecule has 0 aliphatic carbocycles. The molecule has 1 heterocycles. The van der Waals surface area contributed by atoms with E-state index in [1.54, 1.807) is 14.2 Å². The van der Waals surface area contributed by atoms with Gasteiger partial charge in [-0.15, -0.1) is 12.4 Å². The van der Waals surface area contributed by atoms with E-state index in [0.717, 1.165) is 24.5 Å².